The Morgan fingerprint density at radius 2 is 1.94 bits per heavy atom. The van der Waals surface area contributed by atoms with E-state index in [0.717, 1.165) is 12.0 Å². The first-order chi connectivity index (χ1) is 7.65. The van der Waals surface area contributed by atoms with Crippen LogP contribution in [0.15, 0.2) is 34.5 Å². The Morgan fingerprint density at radius 3 is 2.44 bits per heavy atom. The Kier molecular flexibility index (Phi) is 2.73. The lowest BCUT2D eigenvalue weighted by Gasteiger charge is -2.06. The van der Waals surface area contributed by atoms with E-state index in [1.54, 1.807) is 0 Å². The molecule has 1 aromatic rings. The van der Waals surface area contributed by atoms with E-state index in [9.17, 15) is 4.79 Å². The molecule has 0 atom stereocenters. The maximum atomic E-state index is 11.6. The van der Waals surface area contributed by atoms with E-state index in [-0.39, 0.29) is 11.6 Å². The molecule has 0 radical (unpaired) electrons. The average molecular weight is 217 g/mol. The fourth-order valence-corrected chi connectivity index (χ4v) is 1.47. The molecule has 1 aliphatic heterocycles. The van der Waals surface area contributed by atoms with Gasteiger partial charge < -0.3 is 5.32 Å². The van der Waals surface area contributed by atoms with Crippen LogP contribution in [0.1, 0.15) is 36.2 Å². The highest BCUT2D eigenvalue weighted by Gasteiger charge is 2.35. The summed E-state index contributed by atoms with van der Waals surface area (Å²) in [4.78, 5) is 11.6. The minimum atomic E-state index is -0.363. The standard InChI is InChI=1S/C12H15N3O/c1-3-8-13-11(16)9-4-6-10(7-5-9)12(2)14-15-12/h4-7H,3,8H2,1-2H3,(H,13,16). The lowest BCUT2D eigenvalue weighted by molar-refractivity contribution is 0.0953. The van der Waals surface area contributed by atoms with Gasteiger partial charge in [-0.3, -0.25) is 4.79 Å². The van der Waals surface area contributed by atoms with E-state index in [0.29, 0.717) is 12.1 Å². The van der Waals surface area contributed by atoms with Crippen LogP contribution in [-0.2, 0) is 5.66 Å². The number of hydrogen-bond acceptors (Lipinski definition) is 3. The molecule has 0 spiro atoms. The minimum absolute atomic E-state index is 0.0248. The molecule has 1 aromatic carbocycles. The number of hydrogen-bond donors (Lipinski definition) is 1. The fourth-order valence-electron chi connectivity index (χ4n) is 1.47. The monoisotopic (exact) mass is 217 g/mol. The zero-order valence-electron chi connectivity index (χ0n) is 9.53. The predicted molar refractivity (Wildman–Crippen MR) is 61.3 cm³/mol. The largest absolute Gasteiger partial charge is 0.352 e. The normalized spacial score (nSPS) is 15.9. The molecule has 4 nitrogen and oxygen atoms in total. The first-order valence-electron chi connectivity index (χ1n) is 5.48. The Labute approximate surface area is 94.8 Å². The van der Waals surface area contributed by atoms with Crippen molar-refractivity contribution in [2.75, 3.05) is 6.54 Å². The SMILES string of the molecule is CCCNC(=O)c1ccc(C2(C)N=N2)cc1. The summed E-state index contributed by atoms with van der Waals surface area (Å²) in [6.07, 6.45) is 0.944. The molecule has 1 heterocycles. The first kappa shape index (κ1) is 10.8. The molecule has 0 bridgehead atoms. The molecule has 0 unspecified atom stereocenters. The highest BCUT2D eigenvalue weighted by atomic mass is 16.1. The molecule has 84 valence electrons. The Balaban J connectivity index is 2.04. The quantitative estimate of drug-likeness (QED) is 0.827. The molecule has 2 rings (SSSR count). The number of nitrogens with zero attached hydrogens (tertiary/aromatic N) is 2. The summed E-state index contributed by atoms with van der Waals surface area (Å²) in [5.41, 5.74) is 1.35. The van der Waals surface area contributed by atoms with Gasteiger partial charge in [0.25, 0.3) is 5.91 Å². The van der Waals surface area contributed by atoms with Crippen LogP contribution in [0.4, 0.5) is 0 Å². The lowest BCUT2D eigenvalue weighted by Crippen LogP contribution is -2.23. The summed E-state index contributed by atoms with van der Waals surface area (Å²) >= 11 is 0. The zero-order chi connectivity index (χ0) is 11.6. The number of amides is 1. The van der Waals surface area contributed by atoms with Gasteiger partial charge in [-0.1, -0.05) is 19.1 Å². The first-order valence-corrected chi connectivity index (χ1v) is 5.48. The van der Waals surface area contributed by atoms with Gasteiger partial charge in [-0.15, -0.1) is 0 Å². The van der Waals surface area contributed by atoms with Crippen LogP contribution >= 0.6 is 0 Å². The van der Waals surface area contributed by atoms with Crippen molar-refractivity contribution in [1.82, 2.24) is 5.32 Å². The van der Waals surface area contributed by atoms with Crippen molar-refractivity contribution in [3.63, 3.8) is 0 Å². The third-order valence-electron chi connectivity index (χ3n) is 2.63. The van der Waals surface area contributed by atoms with Gasteiger partial charge in [-0.05, 0) is 25.5 Å². The average Bonchev–Trinajstić information content (AvgIpc) is 3.06. The van der Waals surface area contributed by atoms with Crippen LogP contribution in [-0.4, -0.2) is 12.5 Å². The van der Waals surface area contributed by atoms with Gasteiger partial charge in [0.2, 0.25) is 5.66 Å². The van der Waals surface area contributed by atoms with Gasteiger partial charge in [-0.25, -0.2) is 0 Å². The second kappa shape index (κ2) is 4.04. The Morgan fingerprint density at radius 1 is 1.31 bits per heavy atom. The van der Waals surface area contributed by atoms with E-state index >= 15 is 0 Å². The Bertz CT molecular complexity index is 416. The maximum Gasteiger partial charge on any atom is 0.251 e. The summed E-state index contributed by atoms with van der Waals surface area (Å²) in [6.45, 7) is 4.68. The number of rotatable bonds is 4. The van der Waals surface area contributed by atoms with E-state index in [1.807, 2.05) is 38.1 Å². The van der Waals surface area contributed by atoms with Gasteiger partial charge in [0.15, 0.2) is 0 Å². The summed E-state index contributed by atoms with van der Waals surface area (Å²) in [6, 6.07) is 7.44. The minimum Gasteiger partial charge on any atom is -0.352 e. The number of nitrogens with one attached hydrogen (secondary N) is 1. The topological polar surface area (TPSA) is 53.8 Å². The predicted octanol–water partition coefficient (Wildman–Crippen LogP) is 2.46. The molecule has 0 aliphatic carbocycles. The molecule has 1 N–H and O–H groups in total. The summed E-state index contributed by atoms with van der Waals surface area (Å²) < 4.78 is 0. The third-order valence-corrected chi connectivity index (χ3v) is 2.63. The number of carbonyl (C=O) groups is 1. The van der Waals surface area contributed by atoms with Crippen LogP contribution in [0, 0.1) is 0 Å². The molecule has 16 heavy (non-hydrogen) atoms. The molecule has 0 saturated heterocycles. The summed E-state index contributed by atoms with van der Waals surface area (Å²) in [5.74, 6) is -0.0248. The summed E-state index contributed by atoms with van der Waals surface area (Å²) in [5, 5.41) is 10.7. The van der Waals surface area contributed by atoms with Crippen molar-refractivity contribution in [2.24, 2.45) is 10.2 Å². The molecule has 1 aliphatic rings. The van der Waals surface area contributed by atoms with Gasteiger partial charge >= 0.3 is 0 Å². The van der Waals surface area contributed by atoms with Crippen molar-refractivity contribution in [3.05, 3.63) is 35.4 Å². The van der Waals surface area contributed by atoms with Crippen molar-refractivity contribution < 1.29 is 4.79 Å². The van der Waals surface area contributed by atoms with Gasteiger partial charge in [0, 0.05) is 17.7 Å². The van der Waals surface area contributed by atoms with E-state index in [1.165, 1.54) is 0 Å². The zero-order valence-corrected chi connectivity index (χ0v) is 9.53. The lowest BCUT2D eigenvalue weighted by atomic mass is 10.0. The van der Waals surface area contributed by atoms with E-state index < -0.39 is 0 Å². The van der Waals surface area contributed by atoms with Crippen molar-refractivity contribution >= 4 is 5.91 Å². The number of benzene rings is 1. The molecule has 4 heteroatoms. The molecule has 0 fully saturated rings. The smallest absolute Gasteiger partial charge is 0.251 e. The van der Waals surface area contributed by atoms with Gasteiger partial charge in [0.05, 0.1) is 0 Å². The van der Waals surface area contributed by atoms with Crippen LogP contribution in [0.3, 0.4) is 0 Å². The Hall–Kier alpha value is -1.71. The second-order valence-electron chi connectivity index (χ2n) is 4.05. The molecule has 0 aromatic heterocycles. The molecular weight excluding hydrogens is 202 g/mol. The van der Waals surface area contributed by atoms with Crippen molar-refractivity contribution in [3.8, 4) is 0 Å². The van der Waals surface area contributed by atoms with Crippen LogP contribution < -0.4 is 5.32 Å². The van der Waals surface area contributed by atoms with E-state index in [2.05, 4.69) is 15.5 Å². The fraction of sp³-hybridized carbons (Fsp3) is 0.417. The summed E-state index contributed by atoms with van der Waals surface area (Å²) in [7, 11) is 0. The van der Waals surface area contributed by atoms with Crippen LogP contribution in [0.2, 0.25) is 0 Å². The molecule has 1 amide bonds. The molecule has 0 saturated carbocycles. The third kappa shape index (κ3) is 2.10. The van der Waals surface area contributed by atoms with E-state index in [4.69, 9.17) is 0 Å². The van der Waals surface area contributed by atoms with Crippen LogP contribution in [0.5, 0.6) is 0 Å². The maximum absolute atomic E-state index is 11.6. The highest BCUT2D eigenvalue weighted by Crippen LogP contribution is 2.38. The van der Waals surface area contributed by atoms with Gasteiger partial charge in [0.1, 0.15) is 0 Å². The highest BCUT2D eigenvalue weighted by molar-refractivity contribution is 5.94. The molecular formula is C12H15N3O. The van der Waals surface area contributed by atoms with Crippen LogP contribution in [0.25, 0.3) is 0 Å². The second-order valence-corrected chi connectivity index (χ2v) is 4.05. The number of carbonyl (C=O) groups excluding carboxylic acids is 1. The van der Waals surface area contributed by atoms with Crippen molar-refractivity contribution in [1.29, 1.82) is 0 Å². The van der Waals surface area contributed by atoms with Gasteiger partial charge in [-0.2, -0.15) is 10.2 Å². The van der Waals surface area contributed by atoms with Crippen molar-refractivity contribution in [2.45, 2.75) is 25.9 Å².